The third-order valence-electron chi connectivity index (χ3n) is 6.42. The predicted molar refractivity (Wildman–Crippen MR) is 116 cm³/mol. The number of ether oxygens (including phenoxy) is 1. The third-order valence-corrected chi connectivity index (χ3v) is 7.62. The number of carbonyl (C=O) groups excluding carboxylic acids is 1. The number of carbonyl (C=O) groups is 1. The molecule has 0 radical (unpaired) electrons. The Labute approximate surface area is 176 Å². The van der Waals surface area contributed by atoms with E-state index in [9.17, 15) is 9.18 Å². The molecule has 6 heteroatoms. The lowest BCUT2D eigenvalue weighted by atomic mass is 9.88. The highest BCUT2D eigenvalue weighted by atomic mass is 32.1. The van der Waals surface area contributed by atoms with Gasteiger partial charge in [-0.05, 0) is 43.7 Å². The molecule has 0 unspecified atom stereocenters. The van der Waals surface area contributed by atoms with Crippen LogP contribution in [0.4, 0.5) is 4.39 Å². The summed E-state index contributed by atoms with van der Waals surface area (Å²) in [5.74, 6) is 0.476. The second-order valence-electron chi connectivity index (χ2n) is 8.51. The number of amides is 1. The molecule has 1 aliphatic heterocycles. The Bertz CT molecular complexity index is 839. The van der Waals surface area contributed by atoms with Gasteiger partial charge >= 0.3 is 0 Å². The quantitative estimate of drug-likeness (QED) is 0.721. The van der Waals surface area contributed by atoms with Crippen LogP contribution in [0, 0.1) is 11.7 Å². The molecule has 0 atom stereocenters. The fourth-order valence-corrected chi connectivity index (χ4v) is 6.00. The van der Waals surface area contributed by atoms with Gasteiger partial charge in [0.25, 0.3) is 5.91 Å². The Morgan fingerprint density at radius 1 is 1.21 bits per heavy atom. The standard InChI is InChI=1S/C23H31FN2O2S/c1-28-15-18-21-19(24)8-5-9-20(21)29-22(18)23(27)25-17-10-12-26(13-11-17)14-16-6-3-2-4-7-16/h5,8-9,16-17H,2-4,6-7,10-15H2,1H3,(H,25,27). The number of nitrogens with one attached hydrogen (secondary N) is 1. The zero-order chi connectivity index (χ0) is 20.2. The Balaban J connectivity index is 1.37. The van der Waals surface area contributed by atoms with E-state index in [0.29, 0.717) is 15.8 Å². The molecule has 29 heavy (non-hydrogen) atoms. The second kappa shape index (κ2) is 9.54. The molecule has 1 aromatic heterocycles. The average Bonchev–Trinajstić information content (AvgIpc) is 3.11. The van der Waals surface area contributed by atoms with Gasteiger partial charge in [-0.15, -0.1) is 11.3 Å². The number of likely N-dealkylation sites (tertiary alicyclic amines) is 1. The molecule has 1 N–H and O–H groups in total. The zero-order valence-electron chi connectivity index (χ0n) is 17.2. The Morgan fingerprint density at radius 2 is 1.97 bits per heavy atom. The van der Waals surface area contributed by atoms with Crippen molar-refractivity contribution in [1.29, 1.82) is 0 Å². The SMILES string of the molecule is COCc1c(C(=O)NC2CCN(CC3CCCCC3)CC2)sc2cccc(F)c12. The highest BCUT2D eigenvalue weighted by Crippen LogP contribution is 2.34. The smallest absolute Gasteiger partial charge is 0.261 e. The van der Waals surface area contributed by atoms with Crippen LogP contribution >= 0.6 is 11.3 Å². The summed E-state index contributed by atoms with van der Waals surface area (Å²) in [6.07, 6.45) is 8.89. The minimum atomic E-state index is -0.291. The van der Waals surface area contributed by atoms with Crippen molar-refractivity contribution in [3.8, 4) is 0 Å². The van der Waals surface area contributed by atoms with Crippen molar-refractivity contribution >= 4 is 27.3 Å². The van der Waals surface area contributed by atoms with Crippen molar-refractivity contribution < 1.29 is 13.9 Å². The maximum absolute atomic E-state index is 14.4. The van der Waals surface area contributed by atoms with Crippen LogP contribution in [-0.2, 0) is 11.3 Å². The van der Waals surface area contributed by atoms with E-state index < -0.39 is 0 Å². The largest absolute Gasteiger partial charge is 0.380 e. The molecule has 2 fully saturated rings. The van der Waals surface area contributed by atoms with Crippen molar-refractivity contribution in [2.45, 2.75) is 57.6 Å². The molecule has 0 spiro atoms. The number of thiophene rings is 1. The summed E-state index contributed by atoms with van der Waals surface area (Å²) in [5, 5.41) is 3.73. The van der Waals surface area contributed by atoms with Crippen molar-refractivity contribution in [2.75, 3.05) is 26.7 Å². The van der Waals surface area contributed by atoms with Crippen LogP contribution in [0.3, 0.4) is 0 Å². The van der Waals surface area contributed by atoms with Crippen molar-refractivity contribution in [2.24, 2.45) is 5.92 Å². The summed E-state index contributed by atoms with van der Waals surface area (Å²) in [7, 11) is 1.58. The molecule has 2 aromatic rings. The first kappa shape index (κ1) is 20.8. The first-order valence-corrected chi connectivity index (χ1v) is 11.7. The molecule has 1 aromatic carbocycles. The van der Waals surface area contributed by atoms with E-state index in [4.69, 9.17) is 4.74 Å². The number of nitrogens with zero attached hydrogens (tertiary/aromatic N) is 1. The van der Waals surface area contributed by atoms with Crippen molar-refractivity contribution in [1.82, 2.24) is 10.2 Å². The number of hydrogen-bond donors (Lipinski definition) is 1. The van der Waals surface area contributed by atoms with Gasteiger partial charge in [0.05, 0.1) is 11.5 Å². The van der Waals surface area contributed by atoms with Gasteiger partial charge in [0.15, 0.2) is 0 Å². The molecule has 1 saturated heterocycles. The fraction of sp³-hybridized carbons (Fsp3) is 0.609. The molecular formula is C23H31FN2O2S. The first-order chi connectivity index (χ1) is 14.2. The van der Waals surface area contributed by atoms with E-state index in [1.807, 2.05) is 6.07 Å². The number of methoxy groups -OCH3 is 1. The highest BCUT2D eigenvalue weighted by molar-refractivity contribution is 7.21. The number of hydrogen-bond acceptors (Lipinski definition) is 4. The van der Waals surface area contributed by atoms with Gasteiger partial charge in [0.1, 0.15) is 5.82 Å². The zero-order valence-corrected chi connectivity index (χ0v) is 18.0. The number of rotatable bonds is 6. The monoisotopic (exact) mass is 418 g/mol. The van der Waals surface area contributed by atoms with Crippen LogP contribution in [0.15, 0.2) is 18.2 Å². The molecule has 0 bridgehead atoms. The maximum Gasteiger partial charge on any atom is 0.261 e. The predicted octanol–water partition coefficient (Wildman–Crippen LogP) is 4.96. The molecule has 4 nitrogen and oxygen atoms in total. The van der Waals surface area contributed by atoms with E-state index in [2.05, 4.69) is 10.2 Å². The van der Waals surface area contributed by atoms with Crippen LogP contribution in [0.25, 0.3) is 10.1 Å². The van der Waals surface area contributed by atoms with Gasteiger partial charge in [-0.3, -0.25) is 4.79 Å². The third kappa shape index (κ3) is 4.81. The first-order valence-electron chi connectivity index (χ1n) is 10.9. The summed E-state index contributed by atoms with van der Waals surface area (Å²) in [5.41, 5.74) is 0.665. The highest BCUT2D eigenvalue weighted by Gasteiger charge is 2.26. The average molecular weight is 419 g/mol. The molecule has 158 valence electrons. The molecule has 1 amide bonds. The van der Waals surface area contributed by atoms with E-state index in [1.54, 1.807) is 13.2 Å². The lowest BCUT2D eigenvalue weighted by Gasteiger charge is -2.35. The minimum Gasteiger partial charge on any atom is -0.380 e. The van der Waals surface area contributed by atoms with Crippen LogP contribution in [-0.4, -0.2) is 43.6 Å². The van der Waals surface area contributed by atoms with Crippen LogP contribution in [0.5, 0.6) is 0 Å². The summed E-state index contributed by atoms with van der Waals surface area (Å²) in [6.45, 7) is 3.55. The number of benzene rings is 1. The van der Waals surface area contributed by atoms with Crippen LogP contribution in [0.1, 0.15) is 60.2 Å². The molecule has 1 aliphatic carbocycles. The van der Waals surface area contributed by atoms with Gasteiger partial charge < -0.3 is 15.0 Å². The lowest BCUT2D eigenvalue weighted by molar-refractivity contribution is 0.0901. The molecule has 4 rings (SSSR count). The molecule has 2 aliphatic rings. The molecular weight excluding hydrogens is 387 g/mol. The number of halogens is 1. The summed E-state index contributed by atoms with van der Waals surface area (Å²) in [6, 6.07) is 5.19. The van der Waals surface area contributed by atoms with E-state index in [0.717, 1.165) is 36.5 Å². The Morgan fingerprint density at radius 3 is 2.69 bits per heavy atom. The van der Waals surface area contributed by atoms with Gasteiger partial charge in [0.2, 0.25) is 0 Å². The molecule has 2 heterocycles. The topological polar surface area (TPSA) is 41.6 Å². The van der Waals surface area contributed by atoms with E-state index in [1.165, 1.54) is 56.1 Å². The normalized spacial score (nSPS) is 19.7. The summed E-state index contributed by atoms with van der Waals surface area (Å²) < 4.78 is 20.4. The van der Waals surface area contributed by atoms with Crippen LogP contribution < -0.4 is 5.32 Å². The molecule has 1 saturated carbocycles. The Kier molecular flexibility index (Phi) is 6.83. The second-order valence-corrected chi connectivity index (χ2v) is 9.56. The van der Waals surface area contributed by atoms with Gasteiger partial charge in [-0.2, -0.15) is 0 Å². The lowest BCUT2D eigenvalue weighted by Crippen LogP contribution is -2.46. The fourth-order valence-electron chi connectivity index (χ4n) is 4.88. The maximum atomic E-state index is 14.4. The summed E-state index contributed by atoms with van der Waals surface area (Å²) >= 11 is 1.36. The van der Waals surface area contributed by atoms with Gasteiger partial charge in [-0.25, -0.2) is 4.39 Å². The van der Waals surface area contributed by atoms with E-state index >= 15 is 0 Å². The van der Waals surface area contributed by atoms with E-state index in [-0.39, 0.29) is 24.4 Å². The summed E-state index contributed by atoms with van der Waals surface area (Å²) in [4.78, 5) is 16.1. The number of fused-ring (bicyclic) bond motifs is 1. The van der Waals surface area contributed by atoms with Gasteiger partial charge in [-0.1, -0.05) is 25.3 Å². The van der Waals surface area contributed by atoms with Crippen molar-refractivity contribution in [3.05, 3.63) is 34.5 Å². The Hall–Kier alpha value is -1.50. The van der Waals surface area contributed by atoms with Crippen molar-refractivity contribution in [3.63, 3.8) is 0 Å². The minimum absolute atomic E-state index is 0.0941. The van der Waals surface area contributed by atoms with Crippen LogP contribution in [0.2, 0.25) is 0 Å². The van der Waals surface area contributed by atoms with Gasteiger partial charge in [0, 0.05) is 48.4 Å². The number of piperidine rings is 1.